The van der Waals surface area contributed by atoms with Gasteiger partial charge in [-0.25, -0.2) is 0 Å². The van der Waals surface area contributed by atoms with E-state index < -0.39 is 0 Å². The topological polar surface area (TPSA) is 35.5 Å². The molecule has 0 fully saturated rings. The Balaban J connectivity index is 3.08. The van der Waals surface area contributed by atoms with Crippen LogP contribution in [0.25, 0.3) is 0 Å². The summed E-state index contributed by atoms with van der Waals surface area (Å²) < 4.78 is 9.83. The zero-order chi connectivity index (χ0) is 9.23. The van der Waals surface area contributed by atoms with E-state index in [0.717, 1.165) is 6.42 Å². The molecule has 0 saturated carbocycles. The summed E-state index contributed by atoms with van der Waals surface area (Å²) in [7, 11) is 0. The van der Waals surface area contributed by atoms with Gasteiger partial charge < -0.3 is 9.47 Å². The van der Waals surface area contributed by atoms with Gasteiger partial charge in [0.2, 0.25) is 0 Å². The van der Waals surface area contributed by atoms with Crippen molar-refractivity contribution in [1.82, 2.24) is 0 Å². The van der Waals surface area contributed by atoms with Crippen molar-refractivity contribution in [2.45, 2.75) is 19.8 Å². The van der Waals surface area contributed by atoms with Crippen LogP contribution in [0.2, 0.25) is 0 Å². The Hall–Kier alpha value is -0.830. The molecule has 0 bridgehead atoms. The molecule has 3 nitrogen and oxygen atoms in total. The fraction of sp³-hybridized carbons (Fsp3) is 0.667. The van der Waals surface area contributed by atoms with Crippen LogP contribution in [0, 0.1) is 0 Å². The monoisotopic (exact) mass is 172 g/mol. The van der Waals surface area contributed by atoms with Gasteiger partial charge in [0.15, 0.2) is 0 Å². The van der Waals surface area contributed by atoms with Gasteiger partial charge in [-0.2, -0.15) is 0 Å². The molecule has 0 radical (unpaired) electrons. The van der Waals surface area contributed by atoms with E-state index in [1.165, 1.54) is 0 Å². The summed E-state index contributed by atoms with van der Waals surface area (Å²) in [6, 6.07) is 0. The Morgan fingerprint density at radius 3 is 2.83 bits per heavy atom. The Labute approximate surface area is 73.4 Å². The highest BCUT2D eigenvalue weighted by atomic mass is 16.5. The standard InChI is InChI=1S/C9H16O3/c1-3-5-7-11-8-6-9(10)12-4-2/h3H,1,4-8H2,2H3. The summed E-state index contributed by atoms with van der Waals surface area (Å²) in [4.78, 5) is 10.8. The van der Waals surface area contributed by atoms with Crippen LogP contribution in [-0.2, 0) is 14.3 Å². The molecule has 0 aromatic heterocycles. The smallest absolute Gasteiger partial charge is 0.308 e. The third kappa shape index (κ3) is 7.28. The van der Waals surface area contributed by atoms with E-state index in [2.05, 4.69) is 6.58 Å². The molecule has 12 heavy (non-hydrogen) atoms. The molecule has 0 rings (SSSR count). The molecule has 0 aromatic rings. The zero-order valence-electron chi connectivity index (χ0n) is 7.54. The minimum absolute atomic E-state index is 0.198. The zero-order valence-corrected chi connectivity index (χ0v) is 7.54. The molecule has 0 aliphatic carbocycles. The van der Waals surface area contributed by atoms with Crippen LogP contribution in [-0.4, -0.2) is 25.8 Å². The maximum absolute atomic E-state index is 10.8. The van der Waals surface area contributed by atoms with Gasteiger partial charge in [-0.15, -0.1) is 6.58 Å². The van der Waals surface area contributed by atoms with E-state index in [0.29, 0.717) is 26.2 Å². The molecular weight excluding hydrogens is 156 g/mol. The van der Waals surface area contributed by atoms with Crippen molar-refractivity contribution in [3.63, 3.8) is 0 Å². The first-order chi connectivity index (χ1) is 5.81. The van der Waals surface area contributed by atoms with Gasteiger partial charge in [0.1, 0.15) is 0 Å². The molecule has 0 spiro atoms. The molecule has 70 valence electrons. The number of rotatable bonds is 7. The van der Waals surface area contributed by atoms with Gasteiger partial charge in [0.25, 0.3) is 0 Å². The van der Waals surface area contributed by atoms with Crippen LogP contribution in [0.1, 0.15) is 19.8 Å². The minimum atomic E-state index is -0.198. The van der Waals surface area contributed by atoms with Crippen molar-refractivity contribution in [1.29, 1.82) is 0 Å². The molecular formula is C9H16O3. The Morgan fingerprint density at radius 1 is 1.50 bits per heavy atom. The van der Waals surface area contributed by atoms with E-state index in [1.807, 2.05) is 0 Å². The summed E-state index contributed by atoms with van der Waals surface area (Å²) in [6.07, 6.45) is 2.94. The van der Waals surface area contributed by atoms with E-state index in [-0.39, 0.29) is 5.97 Å². The van der Waals surface area contributed by atoms with Crippen LogP contribution in [0.4, 0.5) is 0 Å². The first-order valence-electron chi connectivity index (χ1n) is 4.15. The van der Waals surface area contributed by atoms with E-state index in [4.69, 9.17) is 9.47 Å². The SMILES string of the molecule is C=CCCOCCC(=O)OCC. The largest absolute Gasteiger partial charge is 0.466 e. The first-order valence-corrected chi connectivity index (χ1v) is 4.15. The molecule has 0 saturated heterocycles. The fourth-order valence-corrected chi connectivity index (χ4v) is 0.657. The number of carbonyl (C=O) groups excluding carboxylic acids is 1. The summed E-state index contributed by atoms with van der Waals surface area (Å²) in [5.41, 5.74) is 0. The van der Waals surface area contributed by atoms with Crippen LogP contribution in [0.3, 0.4) is 0 Å². The van der Waals surface area contributed by atoms with Gasteiger partial charge >= 0.3 is 5.97 Å². The van der Waals surface area contributed by atoms with Gasteiger partial charge in [-0.05, 0) is 13.3 Å². The second-order valence-electron chi connectivity index (χ2n) is 2.24. The molecule has 0 unspecified atom stereocenters. The highest BCUT2D eigenvalue weighted by Gasteiger charge is 1.99. The number of hydrogen-bond donors (Lipinski definition) is 0. The molecule has 0 amide bonds. The summed E-state index contributed by atoms with van der Waals surface area (Å²) in [6.45, 7) is 6.84. The maximum Gasteiger partial charge on any atom is 0.308 e. The predicted octanol–water partition coefficient (Wildman–Crippen LogP) is 1.53. The summed E-state index contributed by atoms with van der Waals surface area (Å²) >= 11 is 0. The molecule has 0 aromatic carbocycles. The van der Waals surface area contributed by atoms with Crippen molar-refractivity contribution in [2.24, 2.45) is 0 Å². The molecule has 0 N–H and O–H groups in total. The third-order valence-electron chi connectivity index (χ3n) is 1.22. The van der Waals surface area contributed by atoms with Crippen molar-refractivity contribution < 1.29 is 14.3 Å². The lowest BCUT2D eigenvalue weighted by molar-refractivity contribution is -0.144. The lowest BCUT2D eigenvalue weighted by Gasteiger charge is -2.02. The molecule has 0 aliphatic heterocycles. The van der Waals surface area contributed by atoms with Crippen LogP contribution >= 0.6 is 0 Å². The number of carbonyl (C=O) groups is 1. The van der Waals surface area contributed by atoms with E-state index in [1.54, 1.807) is 13.0 Å². The van der Waals surface area contributed by atoms with E-state index >= 15 is 0 Å². The van der Waals surface area contributed by atoms with Gasteiger partial charge in [0.05, 0.1) is 26.2 Å². The first kappa shape index (κ1) is 11.2. The molecule has 0 atom stereocenters. The average molecular weight is 172 g/mol. The molecule has 0 heterocycles. The highest BCUT2D eigenvalue weighted by Crippen LogP contribution is 1.89. The van der Waals surface area contributed by atoms with Crippen molar-refractivity contribution in [2.75, 3.05) is 19.8 Å². The van der Waals surface area contributed by atoms with Crippen molar-refractivity contribution in [3.05, 3.63) is 12.7 Å². The number of ether oxygens (including phenoxy) is 2. The second kappa shape index (κ2) is 8.27. The Bertz CT molecular complexity index is 132. The Morgan fingerprint density at radius 2 is 2.25 bits per heavy atom. The van der Waals surface area contributed by atoms with E-state index in [9.17, 15) is 4.79 Å². The molecule has 0 aliphatic rings. The normalized spacial score (nSPS) is 9.42. The van der Waals surface area contributed by atoms with Crippen LogP contribution in [0.5, 0.6) is 0 Å². The maximum atomic E-state index is 10.8. The lowest BCUT2D eigenvalue weighted by atomic mass is 10.4. The Kier molecular flexibility index (Phi) is 7.70. The van der Waals surface area contributed by atoms with Crippen molar-refractivity contribution >= 4 is 5.97 Å². The average Bonchev–Trinajstić information content (AvgIpc) is 2.05. The van der Waals surface area contributed by atoms with Gasteiger partial charge in [-0.1, -0.05) is 6.08 Å². The molecule has 3 heteroatoms. The van der Waals surface area contributed by atoms with Crippen LogP contribution < -0.4 is 0 Å². The third-order valence-corrected chi connectivity index (χ3v) is 1.22. The van der Waals surface area contributed by atoms with Gasteiger partial charge in [0, 0.05) is 0 Å². The highest BCUT2D eigenvalue weighted by molar-refractivity contribution is 5.69. The minimum Gasteiger partial charge on any atom is -0.466 e. The second-order valence-corrected chi connectivity index (χ2v) is 2.24. The van der Waals surface area contributed by atoms with Crippen molar-refractivity contribution in [3.8, 4) is 0 Å². The van der Waals surface area contributed by atoms with Crippen LogP contribution in [0.15, 0.2) is 12.7 Å². The lowest BCUT2D eigenvalue weighted by Crippen LogP contribution is -2.08. The summed E-state index contributed by atoms with van der Waals surface area (Å²) in [5.74, 6) is -0.198. The quantitative estimate of drug-likeness (QED) is 0.332. The summed E-state index contributed by atoms with van der Waals surface area (Å²) in [5, 5.41) is 0. The number of esters is 1. The number of hydrogen-bond acceptors (Lipinski definition) is 3. The van der Waals surface area contributed by atoms with Gasteiger partial charge in [-0.3, -0.25) is 4.79 Å². The predicted molar refractivity (Wildman–Crippen MR) is 46.9 cm³/mol. The fourth-order valence-electron chi connectivity index (χ4n) is 0.657.